The molecular weight excluding hydrogens is 462 g/mol. The molecule has 172 valence electrons. The Morgan fingerprint density at radius 1 is 1.15 bits per heavy atom. The number of benzene rings is 2. The highest BCUT2D eigenvalue weighted by molar-refractivity contribution is 7.17. The van der Waals surface area contributed by atoms with Gasteiger partial charge in [0.15, 0.2) is 5.13 Å². The van der Waals surface area contributed by atoms with Crippen molar-refractivity contribution in [3.05, 3.63) is 92.0 Å². The Labute approximate surface area is 196 Å². The van der Waals surface area contributed by atoms with Crippen LogP contribution in [0.2, 0.25) is 0 Å². The molecule has 1 fully saturated rings. The molecule has 0 spiro atoms. The van der Waals surface area contributed by atoms with Crippen LogP contribution in [0.5, 0.6) is 0 Å². The van der Waals surface area contributed by atoms with Crippen LogP contribution < -0.4 is 4.90 Å². The second-order valence-electron chi connectivity index (χ2n) is 7.29. The monoisotopic (exact) mass is 479 g/mol. The predicted molar refractivity (Wildman–Crippen MR) is 123 cm³/mol. The third-order valence-corrected chi connectivity index (χ3v) is 6.41. The number of hydrogen-bond donors (Lipinski definition) is 1. The van der Waals surface area contributed by atoms with Gasteiger partial charge in [-0.3, -0.25) is 24.6 Å². The van der Waals surface area contributed by atoms with Crippen LogP contribution in [-0.2, 0) is 14.3 Å². The van der Waals surface area contributed by atoms with Gasteiger partial charge in [0.1, 0.15) is 10.6 Å². The van der Waals surface area contributed by atoms with Crippen molar-refractivity contribution in [1.29, 1.82) is 0 Å². The largest absolute Gasteiger partial charge is 0.507 e. The quantitative estimate of drug-likeness (QED) is 0.146. The van der Waals surface area contributed by atoms with Crippen LogP contribution in [0.1, 0.15) is 32.5 Å². The molecular formula is C23H17N3O7S. The highest BCUT2D eigenvalue weighted by atomic mass is 32.1. The van der Waals surface area contributed by atoms with E-state index in [0.717, 1.165) is 16.2 Å². The van der Waals surface area contributed by atoms with Gasteiger partial charge >= 0.3 is 11.9 Å². The third-order valence-electron chi connectivity index (χ3n) is 5.27. The number of carbonyl (C=O) groups is 3. The first-order chi connectivity index (χ1) is 16.2. The number of aryl methyl sites for hydroxylation is 1. The minimum absolute atomic E-state index is 0.0514. The van der Waals surface area contributed by atoms with Crippen molar-refractivity contribution in [2.45, 2.75) is 13.0 Å². The Bertz CT molecular complexity index is 1350. The molecule has 2 heterocycles. The number of esters is 1. The molecule has 0 radical (unpaired) electrons. The van der Waals surface area contributed by atoms with Gasteiger partial charge in [-0.1, -0.05) is 41.7 Å². The first kappa shape index (κ1) is 22.8. The summed E-state index contributed by atoms with van der Waals surface area (Å²) in [6.45, 7) is 1.56. The third kappa shape index (κ3) is 3.82. The van der Waals surface area contributed by atoms with Gasteiger partial charge in [-0.05, 0) is 24.6 Å². The molecule has 1 saturated heterocycles. The van der Waals surface area contributed by atoms with Gasteiger partial charge in [0, 0.05) is 17.7 Å². The maximum Gasteiger partial charge on any atom is 0.350 e. The molecule has 1 aliphatic rings. The zero-order valence-corrected chi connectivity index (χ0v) is 18.7. The molecule has 1 atom stereocenters. The number of nitro groups is 1. The first-order valence-corrected chi connectivity index (χ1v) is 10.7. The van der Waals surface area contributed by atoms with E-state index in [0.29, 0.717) is 16.8 Å². The Morgan fingerprint density at radius 2 is 1.79 bits per heavy atom. The number of Topliss-reactive ketones (excluding diaryl/α,β-unsaturated/α-hetero) is 1. The topological polar surface area (TPSA) is 140 Å². The molecule has 1 aliphatic heterocycles. The van der Waals surface area contributed by atoms with Crippen molar-refractivity contribution in [1.82, 2.24) is 4.98 Å². The number of hydrogen-bond acceptors (Lipinski definition) is 9. The maximum absolute atomic E-state index is 13.1. The van der Waals surface area contributed by atoms with E-state index in [4.69, 9.17) is 4.74 Å². The zero-order valence-electron chi connectivity index (χ0n) is 17.9. The molecule has 1 N–H and O–H groups in total. The van der Waals surface area contributed by atoms with Gasteiger partial charge < -0.3 is 9.84 Å². The molecule has 4 rings (SSSR count). The normalized spacial score (nSPS) is 17.1. The SMILES string of the molecule is COC(=O)c1sc(N2C(=O)C(=O)C(=C(O)c3ccccc3)[C@H]2c2ccc([N+](=O)[O-])cc2)nc1C. The number of thiazole rings is 1. The summed E-state index contributed by atoms with van der Waals surface area (Å²) in [7, 11) is 1.21. The lowest BCUT2D eigenvalue weighted by atomic mass is 9.95. The number of anilines is 1. The summed E-state index contributed by atoms with van der Waals surface area (Å²) < 4.78 is 4.75. The number of ketones is 1. The van der Waals surface area contributed by atoms with Gasteiger partial charge in [0.05, 0.1) is 29.3 Å². The fourth-order valence-electron chi connectivity index (χ4n) is 3.64. The van der Waals surface area contributed by atoms with Crippen molar-refractivity contribution in [2.24, 2.45) is 0 Å². The summed E-state index contributed by atoms with van der Waals surface area (Å²) in [4.78, 5) is 54.4. The lowest BCUT2D eigenvalue weighted by molar-refractivity contribution is -0.384. The maximum atomic E-state index is 13.1. The fraction of sp³-hybridized carbons (Fsp3) is 0.130. The molecule has 0 saturated carbocycles. The molecule has 1 aromatic heterocycles. The number of aliphatic hydroxyl groups is 1. The minimum atomic E-state index is -1.13. The highest BCUT2D eigenvalue weighted by Gasteiger charge is 2.48. The van der Waals surface area contributed by atoms with Crippen LogP contribution in [0.25, 0.3) is 5.76 Å². The molecule has 0 bridgehead atoms. The molecule has 0 aliphatic carbocycles. The van der Waals surface area contributed by atoms with E-state index < -0.39 is 34.4 Å². The van der Waals surface area contributed by atoms with Crippen molar-refractivity contribution in [3.8, 4) is 0 Å². The first-order valence-electron chi connectivity index (χ1n) is 9.91. The Kier molecular flexibility index (Phi) is 5.95. The average Bonchev–Trinajstić information content (AvgIpc) is 3.35. The van der Waals surface area contributed by atoms with Crippen molar-refractivity contribution in [2.75, 3.05) is 12.0 Å². The summed E-state index contributed by atoms with van der Waals surface area (Å²) >= 11 is 0.866. The Hall–Kier alpha value is -4.38. The standard InChI is InChI=1S/C23H17N3O7S/c1-12-20(22(30)33-2)34-23(24-12)25-17(13-8-10-15(11-9-13)26(31)32)16(19(28)21(25)29)18(27)14-6-4-3-5-7-14/h3-11,17,27H,1-2H3/t17-/m1/s1. The van der Waals surface area contributed by atoms with Gasteiger partial charge in [0.2, 0.25) is 0 Å². The number of aromatic nitrogens is 1. The fourth-order valence-corrected chi connectivity index (χ4v) is 4.65. The van der Waals surface area contributed by atoms with Crippen LogP contribution in [0.15, 0.2) is 60.2 Å². The van der Waals surface area contributed by atoms with Crippen molar-refractivity contribution >= 4 is 45.6 Å². The predicted octanol–water partition coefficient (Wildman–Crippen LogP) is 3.77. The van der Waals surface area contributed by atoms with Gasteiger partial charge in [-0.25, -0.2) is 9.78 Å². The van der Waals surface area contributed by atoms with Crippen LogP contribution in [0.4, 0.5) is 10.8 Å². The van der Waals surface area contributed by atoms with Crippen LogP contribution >= 0.6 is 11.3 Å². The lowest BCUT2D eigenvalue weighted by Gasteiger charge is -2.22. The number of nitrogens with zero attached hydrogens (tertiary/aromatic N) is 3. The molecule has 34 heavy (non-hydrogen) atoms. The van der Waals surface area contributed by atoms with E-state index in [2.05, 4.69) is 4.98 Å². The highest BCUT2D eigenvalue weighted by Crippen LogP contribution is 2.44. The van der Waals surface area contributed by atoms with E-state index in [1.54, 1.807) is 37.3 Å². The number of amides is 1. The van der Waals surface area contributed by atoms with Gasteiger partial charge in [-0.15, -0.1) is 0 Å². The lowest BCUT2D eigenvalue weighted by Crippen LogP contribution is -2.29. The number of aliphatic hydroxyl groups excluding tert-OH is 1. The number of methoxy groups -OCH3 is 1. The summed E-state index contributed by atoms with van der Waals surface area (Å²) in [5.74, 6) is -2.94. The molecule has 11 heteroatoms. The summed E-state index contributed by atoms with van der Waals surface area (Å²) in [6.07, 6.45) is 0. The Balaban J connectivity index is 1.93. The van der Waals surface area contributed by atoms with E-state index in [9.17, 15) is 29.6 Å². The summed E-state index contributed by atoms with van der Waals surface area (Å²) in [5, 5.41) is 22.2. The summed E-state index contributed by atoms with van der Waals surface area (Å²) in [6, 6.07) is 12.4. The summed E-state index contributed by atoms with van der Waals surface area (Å²) in [5.41, 5.74) is 0.589. The van der Waals surface area contributed by atoms with E-state index >= 15 is 0 Å². The molecule has 10 nitrogen and oxygen atoms in total. The van der Waals surface area contributed by atoms with Gasteiger partial charge in [-0.2, -0.15) is 0 Å². The minimum Gasteiger partial charge on any atom is -0.507 e. The van der Waals surface area contributed by atoms with E-state index in [1.165, 1.54) is 31.4 Å². The number of nitro benzene ring substituents is 1. The van der Waals surface area contributed by atoms with Crippen LogP contribution in [-0.4, -0.2) is 39.8 Å². The van der Waals surface area contributed by atoms with E-state index in [1.807, 2.05) is 0 Å². The van der Waals surface area contributed by atoms with Crippen molar-refractivity contribution < 1.29 is 29.2 Å². The van der Waals surface area contributed by atoms with Crippen LogP contribution in [0.3, 0.4) is 0 Å². The van der Waals surface area contributed by atoms with Gasteiger partial charge in [0.25, 0.3) is 11.5 Å². The number of non-ortho nitro benzene ring substituents is 1. The molecule has 2 aromatic carbocycles. The average molecular weight is 479 g/mol. The Morgan fingerprint density at radius 3 is 2.38 bits per heavy atom. The van der Waals surface area contributed by atoms with Crippen LogP contribution in [0, 0.1) is 17.0 Å². The number of carbonyl (C=O) groups excluding carboxylic acids is 3. The van der Waals surface area contributed by atoms with E-state index in [-0.39, 0.29) is 21.3 Å². The second kappa shape index (κ2) is 8.87. The zero-order chi connectivity index (χ0) is 24.6. The molecule has 1 amide bonds. The smallest absolute Gasteiger partial charge is 0.350 e. The number of ether oxygens (including phenoxy) is 1. The molecule has 0 unspecified atom stereocenters. The van der Waals surface area contributed by atoms with Crippen molar-refractivity contribution in [3.63, 3.8) is 0 Å². The molecule has 3 aromatic rings. The second-order valence-corrected chi connectivity index (χ2v) is 8.26. The number of rotatable bonds is 5.